The molecule has 0 saturated heterocycles. The number of amides is 1. The maximum absolute atomic E-state index is 12.4. The van der Waals surface area contributed by atoms with Gasteiger partial charge in [-0.25, -0.2) is 4.79 Å². The number of para-hydroxylation sites is 1. The zero-order chi connectivity index (χ0) is 20.1. The van der Waals surface area contributed by atoms with Gasteiger partial charge in [0.15, 0.2) is 6.61 Å². The molecule has 0 bridgehead atoms. The molecular formula is C19H19N3O6. The van der Waals surface area contributed by atoms with Gasteiger partial charge in [0.2, 0.25) is 0 Å². The van der Waals surface area contributed by atoms with Crippen LogP contribution in [0.5, 0.6) is 5.75 Å². The van der Waals surface area contributed by atoms with Gasteiger partial charge >= 0.3 is 5.97 Å². The number of rotatable bonds is 9. The Kier molecular flexibility index (Phi) is 5.73. The first-order valence-electron chi connectivity index (χ1n) is 8.69. The molecule has 0 spiro atoms. The predicted octanol–water partition coefficient (Wildman–Crippen LogP) is 2.56. The molecule has 9 heteroatoms. The maximum Gasteiger partial charge on any atom is 0.341 e. The molecule has 1 amide bonds. The molecule has 1 saturated carbocycles. The predicted molar refractivity (Wildman–Crippen MR) is 100 cm³/mol. The maximum atomic E-state index is 12.4. The third kappa shape index (κ3) is 4.97. The van der Waals surface area contributed by atoms with Crippen molar-refractivity contribution >= 4 is 23.3 Å². The van der Waals surface area contributed by atoms with Crippen LogP contribution in [0.15, 0.2) is 42.5 Å². The summed E-state index contributed by atoms with van der Waals surface area (Å²) in [6.07, 6.45) is 1.95. The number of carbonyl (C=O) groups is 2. The number of carbonyl (C=O) groups excluding carboxylic acids is 1. The summed E-state index contributed by atoms with van der Waals surface area (Å²) in [7, 11) is 0. The van der Waals surface area contributed by atoms with Gasteiger partial charge in [-0.2, -0.15) is 0 Å². The van der Waals surface area contributed by atoms with Crippen molar-refractivity contribution in [2.75, 3.05) is 11.9 Å². The van der Waals surface area contributed by atoms with E-state index >= 15 is 0 Å². The lowest BCUT2D eigenvalue weighted by Gasteiger charge is -2.11. The Bertz CT molecular complexity index is 910. The lowest BCUT2D eigenvalue weighted by atomic mass is 10.1. The van der Waals surface area contributed by atoms with Crippen LogP contribution in [0.4, 0.5) is 11.4 Å². The number of nitrogens with one attached hydrogen (secondary N) is 2. The van der Waals surface area contributed by atoms with E-state index in [2.05, 4.69) is 10.6 Å². The number of carboxylic acids is 1. The standard InChI is InChI=1S/C19H19N3O6/c23-18(24)11-28-17-4-2-1-3-13(17)10-20-19(25)12-5-8-15(21-14-6-7-14)16(9-12)22(26)27/h1-5,8-9,14,21H,6-7,10-11H2,(H,20,25)(H,23,24). The van der Waals surface area contributed by atoms with E-state index in [4.69, 9.17) is 9.84 Å². The van der Waals surface area contributed by atoms with Crippen molar-refractivity contribution in [1.82, 2.24) is 5.32 Å². The van der Waals surface area contributed by atoms with E-state index in [1.165, 1.54) is 18.2 Å². The van der Waals surface area contributed by atoms with Gasteiger partial charge in [0.1, 0.15) is 11.4 Å². The van der Waals surface area contributed by atoms with E-state index in [9.17, 15) is 19.7 Å². The molecule has 1 fully saturated rings. The Morgan fingerprint density at radius 3 is 2.64 bits per heavy atom. The van der Waals surface area contributed by atoms with E-state index in [1.807, 2.05) is 0 Å². The highest BCUT2D eigenvalue weighted by Gasteiger charge is 2.25. The van der Waals surface area contributed by atoms with Gasteiger partial charge in [0.05, 0.1) is 4.92 Å². The molecule has 3 rings (SSSR count). The minimum atomic E-state index is -1.11. The number of benzene rings is 2. The highest BCUT2D eigenvalue weighted by atomic mass is 16.6. The lowest BCUT2D eigenvalue weighted by Crippen LogP contribution is -2.23. The van der Waals surface area contributed by atoms with Crippen LogP contribution in [-0.2, 0) is 11.3 Å². The Hall–Kier alpha value is -3.62. The van der Waals surface area contributed by atoms with E-state index in [1.54, 1.807) is 24.3 Å². The molecule has 3 N–H and O–H groups in total. The molecule has 2 aromatic rings. The normalized spacial score (nSPS) is 12.9. The largest absolute Gasteiger partial charge is 0.482 e. The van der Waals surface area contributed by atoms with Gasteiger partial charge < -0.3 is 20.5 Å². The summed E-state index contributed by atoms with van der Waals surface area (Å²) in [6, 6.07) is 11.3. The molecule has 0 unspecified atom stereocenters. The highest BCUT2D eigenvalue weighted by molar-refractivity contribution is 5.95. The monoisotopic (exact) mass is 385 g/mol. The van der Waals surface area contributed by atoms with Crippen molar-refractivity contribution in [3.05, 3.63) is 63.7 Å². The van der Waals surface area contributed by atoms with Gasteiger partial charge in [-0.1, -0.05) is 18.2 Å². The van der Waals surface area contributed by atoms with Crippen LogP contribution in [0, 0.1) is 10.1 Å². The summed E-state index contributed by atoms with van der Waals surface area (Å²) in [4.78, 5) is 33.9. The summed E-state index contributed by atoms with van der Waals surface area (Å²) >= 11 is 0. The van der Waals surface area contributed by atoms with Gasteiger partial charge in [0.25, 0.3) is 11.6 Å². The summed E-state index contributed by atoms with van der Waals surface area (Å²) in [5.41, 5.74) is 1.01. The Balaban J connectivity index is 1.69. The number of carboxylic acid groups (broad SMARTS) is 1. The fourth-order valence-electron chi connectivity index (χ4n) is 2.60. The van der Waals surface area contributed by atoms with Crippen LogP contribution in [0.25, 0.3) is 0 Å². The first-order chi connectivity index (χ1) is 13.4. The van der Waals surface area contributed by atoms with Crippen LogP contribution in [0.2, 0.25) is 0 Å². The van der Waals surface area contributed by atoms with E-state index < -0.39 is 23.4 Å². The third-order valence-electron chi connectivity index (χ3n) is 4.16. The summed E-state index contributed by atoms with van der Waals surface area (Å²) in [5, 5.41) is 25.8. The van der Waals surface area contributed by atoms with Crippen molar-refractivity contribution < 1.29 is 24.4 Å². The zero-order valence-corrected chi connectivity index (χ0v) is 14.9. The Morgan fingerprint density at radius 2 is 1.96 bits per heavy atom. The summed E-state index contributed by atoms with van der Waals surface area (Å²) in [5.74, 6) is -1.24. The SMILES string of the molecule is O=C(O)COc1ccccc1CNC(=O)c1ccc(NC2CC2)c([N+](=O)[O-])c1. The molecule has 2 aromatic carbocycles. The number of hydrogen-bond donors (Lipinski definition) is 3. The van der Waals surface area contributed by atoms with Crippen LogP contribution in [-0.4, -0.2) is 34.6 Å². The van der Waals surface area contributed by atoms with Gasteiger partial charge in [-0.05, 0) is 31.0 Å². The van der Waals surface area contributed by atoms with E-state index in [0.717, 1.165) is 12.8 Å². The van der Waals surface area contributed by atoms with Crippen molar-refractivity contribution in [2.24, 2.45) is 0 Å². The fourth-order valence-corrected chi connectivity index (χ4v) is 2.60. The molecule has 0 heterocycles. The second-order valence-electron chi connectivity index (χ2n) is 6.38. The molecule has 1 aliphatic rings. The molecule has 0 aromatic heterocycles. The molecule has 9 nitrogen and oxygen atoms in total. The van der Waals surface area contributed by atoms with Crippen LogP contribution in [0.3, 0.4) is 0 Å². The molecule has 0 radical (unpaired) electrons. The average molecular weight is 385 g/mol. The lowest BCUT2D eigenvalue weighted by molar-refractivity contribution is -0.384. The first kappa shape index (κ1) is 19.2. The van der Waals surface area contributed by atoms with Crippen LogP contribution >= 0.6 is 0 Å². The van der Waals surface area contributed by atoms with Crippen molar-refractivity contribution in [2.45, 2.75) is 25.4 Å². The summed E-state index contributed by atoms with van der Waals surface area (Å²) < 4.78 is 5.20. The van der Waals surface area contributed by atoms with Crippen LogP contribution in [0.1, 0.15) is 28.8 Å². The Morgan fingerprint density at radius 1 is 1.21 bits per heavy atom. The molecular weight excluding hydrogens is 366 g/mol. The van der Waals surface area contributed by atoms with E-state index in [-0.39, 0.29) is 23.8 Å². The average Bonchev–Trinajstić information content (AvgIpc) is 3.49. The van der Waals surface area contributed by atoms with Gasteiger partial charge in [-0.3, -0.25) is 14.9 Å². The number of anilines is 1. The third-order valence-corrected chi connectivity index (χ3v) is 4.16. The van der Waals surface area contributed by atoms with Crippen molar-refractivity contribution in [3.63, 3.8) is 0 Å². The smallest absolute Gasteiger partial charge is 0.341 e. The highest BCUT2D eigenvalue weighted by Crippen LogP contribution is 2.31. The summed E-state index contributed by atoms with van der Waals surface area (Å²) in [6.45, 7) is -0.406. The molecule has 0 aliphatic heterocycles. The number of nitro groups is 1. The van der Waals surface area contributed by atoms with E-state index in [0.29, 0.717) is 17.0 Å². The number of nitro benzene ring substituents is 1. The van der Waals surface area contributed by atoms with Gasteiger partial charge in [-0.15, -0.1) is 0 Å². The second kappa shape index (κ2) is 8.38. The van der Waals surface area contributed by atoms with Crippen LogP contribution < -0.4 is 15.4 Å². The van der Waals surface area contributed by atoms with Crippen molar-refractivity contribution in [1.29, 1.82) is 0 Å². The number of hydrogen-bond acceptors (Lipinski definition) is 6. The zero-order valence-electron chi connectivity index (χ0n) is 14.9. The minimum Gasteiger partial charge on any atom is -0.482 e. The molecule has 1 aliphatic carbocycles. The topological polar surface area (TPSA) is 131 Å². The Labute approximate surface area is 160 Å². The fraction of sp³-hybridized carbons (Fsp3) is 0.263. The number of ether oxygens (including phenoxy) is 1. The minimum absolute atomic E-state index is 0.0878. The molecule has 0 atom stereocenters. The number of aliphatic carboxylic acids is 1. The van der Waals surface area contributed by atoms with Gasteiger partial charge in [0, 0.05) is 29.8 Å². The van der Waals surface area contributed by atoms with Crippen molar-refractivity contribution in [3.8, 4) is 5.75 Å². The molecule has 28 heavy (non-hydrogen) atoms. The molecule has 146 valence electrons. The number of nitrogens with zero attached hydrogens (tertiary/aromatic N) is 1. The quantitative estimate of drug-likeness (QED) is 0.446. The second-order valence-corrected chi connectivity index (χ2v) is 6.38. The first-order valence-corrected chi connectivity index (χ1v) is 8.69.